The molecule has 5 heteroatoms. The predicted molar refractivity (Wildman–Crippen MR) is 86.4 cm³/mol. The lowest BCUT2D eigenvalue weighted by Crippen LogP contribution is -2.49. The van der Waals surface area contributed by atoms with E-state index in [-0.39, 0.29) is 36.4 Å². The van der Waals surface area contributed by atoms with Gasteiger partial charge in [0, 0.05) is 5.92 Å². The zero-order valence-electron chi connectivity index (χ0n) is 13.5. The van der Waals surface area contributed by atoms with Gasteiger partial charge in [0.2, 0.25) is 18.4 Å². The number of carbonyl (C=O) groups is 1. The lowest BCUT2D eigenvalue weighted by molar-refractivity contribution is -0.212. The van der Waals surface area contributed by atoms with Gasteiger partial charge in [0.15, 0.2) is 11.5 Å². The maximum atomic E-state index is 12.3. The summed E-state index contributed by atoms with van der Waals surface area (Å²) in [5.41, 5.74) is 0.875. The molecule has 3 aliphatic rings. The van der Waals surface area contributed by atoms with Gasteiger partial charge in [-0.05, 0) is 42.0 Å². The van der Waals surface area contributed by atoms with E-state index in [2.05, 4.69) is 6.58 Å². The van der Waals surface area contributed by atoms with E-state index in [4.69, 9.17) is 14.2 Å². The third-order valence-electron chi connectivity index (χ3n) is 5.28. The van der Waals surface area contributed by atoms with E-state index in [1.54, 1.807) is 0 Å². The molecule has 24 heavy (non-hydrogen) atoms. The van der Waals surface area contributed by atoms with Crippen LogP contribution in [0.5, 0.6) is 11.5 Å². The molecule has 1 N–H and O–H groups in total. The average Bonchev–Trinajstić information content (AvgIpc) is 3.13. The highest BCUT2D eigenvalue weighted by molar-refractivity contribution is 5.97. The number of hydrogen-bond donors (Lipinski definition) is 1. The van der Waals surface area contributed by atoms with Crippen LogP contribution in [0, 0.1) is 17.8 Å². The molecule has 4 rings (SSSR count). The van der Waals surface area contributed by atoms with Gasteiger partial charge in [0.25, 0.3) is 0 Å². The fourth-order valence-corrected chi connectivity index (χ4v) is 4.16. The standard InChI is InChI=1S/C19H20O5/c1-3-4-12-6-8-16(20)19(21)17(12)11(2)18(24-19)13-5-7-14-15(9-13)23-10-22-14/h3,5-9,11-12,17-18,21H,1,4,10H2,2H3/t11-,12-,17+,18-,19+/m0/s1. The molecule has 1 saturated heterocycles. The van der Waals surface area contributed by atoms with E-state index >= 15 is 0 Å². The smallest absolute Gasteiger partial charge is 0.235 e. The molecule has 1 aromatic rings. The molecule has 1 aliphatic carbocycles. The minimum Gasteiger partial charge on any atom is -0.454 e. The Morgan fingerprint density at radius 3 is 2.96 bits per heavy atom. The maximum absolute atomic E-state index is 12.3. The molecule has 5 atom stereocenters. The van der Waals surface area contributed by atoms with E-state index in [0.29, 0.717) is 17.9 Å². The van der Waals surface area contributed by atoms with Crippen molar-refractivity contribution in [1.29, 1.82) is 0 Å². The fraction of sp³-hybridized carbons (Fsp3) is 0.421. The first-order valence-corrected chi connectivity index (χ1v) is 8.18. The number of rotatable bonds is 3. The number of benzene rings is 1. The first-order valence-electron chi connectivity index (χ1n) is 8.18. The number of hydrogen-bond acceptors (Lipinski definition) is 5. The summed E-state index contributed by atoms with van der Waals surface area (Å²) >= 11 is 0. The number of fused-ring (bicyclic) bond motifs is 2. The quantitative estimate of drug-likeness (QED) is 0.864. The van der Waals surface area contributed by atoms with Gasteiger partial charge < -0.3 is 19.3 Å². The molecular weight excluding hydrogens is 308 g/mol. The van der Waals surface area contributed by atoms with Crippen molar-refractivity contribution in [3.05, 3.63) is 48.6 Å². The molecule has 0 radical (unpaired) electrons. The molecular formula is C19H20O5. The highest BCUT2D eigenvalue weighted by Crippen LogP contribution is 2.53. The van der Waals surface area contributed by atoms with Gasteiger partial charge in [0.1, 0.15) is 0 Å². The minimum absolute atomic E-state index is 0.0270. The molecule has 5 nitrogen and oxygen atoms in total. The van der Waals surface area contributed by atoms with Gasteiger partial charge in [-0.1, -0.05) is 25.1 Å². The van der Waals surface area contributed by atoms with Crippen LogP contribution in [0.4, 0.5) is 0 Å². The monoisotopic (exact) mass is 328 g/mol. The Bertz CT molecular complexity index is 724. The summed E-state index contributed by atoms with van der Waals surface area (Å²) < 4.78 is 16.7. The van der Waals surface area contributed by atoms with Crippen molar-refractivity contribution in [1.82, 2.24) is 0 Å². The van der Waals surface area contributed by atoms with Gasteiger partial charge >= 0.3 is 0 Å². The molecule has 1 aromatic carbocycles. The number of allylic oxidation sites excluding steroid dienone is 2. The van der Waals surface area contributed by atoms with Crippen molar-refractivity contribution in [3.63, 3.8) is 0 Å². The molecule has 0 aromatic heterocycles. The Labute approximate surface area is 140 Å². The molecule has 0 saturated carbocycles. The Balaban J connectivity index is 1.70. The Hall–Kier alpha value is -2.11. The van der Waals surface area contributed by atoms with Crippen LogP contribution in [0.1, 0.15) is 25.0 Å². The molecule has 0 amide bonds. The van der Waals surface area contributed by atoms with E-state index in [1.807, 2.05) is 37.3 Å². The van der Waals surface area contributed by atoms with Crippen molar-refractivity contribution in [2.75, 3.05) is 6.79 Å². The summed E-state index contributed by atoms with van der Waals surface area (Å²) in [6, 6.07) is 5.60. The van der Waals surface area contributed by atoms with E-state index in [9.17, 15) is 9.90 Å². The highest BCUT2D eigenvalue weighted by Gasteiger charge is 2.59. The fourth-order valence-electron chi connectivity index (χ4n) is 4.16. The van der Waals surface area contributed by atoms with Crippen LogP contribution >= 0.6 is 0 Å². The second kappa shape index (κ2) is 5.46. The Kier molecular flexibility index (Phi) is 3.51. The molecule has 0 spiro atoms. The van der Waals surface area contributed by atoms with Crippen LogP contribution < -0.4 is 9.47 Å². The molecule has 0 bridgehead atoms. The summed E-state index contributed by atoms with van der Waals surface area (Å²) in [7, 11) is 0. The summed E-state index contributed by atoms with van der Waals surface area (Å²) in [5.74, 6) is -1.11. The van der Waals surface area contributed by atoms with Crippen LogP contribution in [-0.4, -0.2) is 23.5 Å². The number of carbonyl (C=O) groups excluding carboxylic acids is 1. The first-order chi connectivity index (χ1) is 11.5. The van der Waals surface area contributed by atoms with Crippen LogP contribution in [-0.2, 0) is 9.53 Å². The van der Waals surface area contributed by atoms with Crippen molar-refractivity contribution in [2.24, 2.45) is 17.8 Å². The largest absolute Gasteiger partial charge is 0.454 e. The van der Waals surface area contributed by atoms with Crippen molar-refractivity contribution in [2.45, 2.75) is 25.2 Å². The number of ether oxygens (including phenoxy) is 3. The van der Waals surface area contributed by atoms with Gasteiger partial charge in [-0.15, -0.1) is 6.58 Å². The third-order valence-corrected chi connectivity index (χ3v) is 5.28. The molecule has 1 fully saturated rings. The summed E-state index contributed by atoms with van der Waals surface area (Å²) in [5, 5.41) is 11.0. The molecule has 2 heterocycles. The van der Waals surface area contributed by atoms with Crippen LogP contribution in [0.2, 0.25) is 0 Å². The highest BCUT2D eigenvalue weighted by atomic mass is 16.7. The van der Waals surface area contributed by atoms with Crippen molar-refractivity contribution in [3.8, 4) is 11.5 Å². The second-order valence-corrected chi connectivity index (χ2v) is 6.64. The second-order valence-electron chi connectivity index (χ2n) is 6.64. The van der Waals surface area contributed by atoms with Gasteiger partial charge in [0.05, 0.1) is 6.10 Å². The maximum Gasteiger partial charge on any atom is 0.235 e. The van der Waals surface area contributed by atoms with E-state index < -0.39 is 5.79 Å². The topological polar surface area (TPSA) is 65.0 Å². The minimum atomic E-state index is -1.77. The summed E-state index contributed by atoms with van der Waals surface area (Å²) in [6.45, 7) is 6.00. The van der Waals surface area contributed by atoms with E-state index in [1.165, 1.54) is 6.08 Å². The average molecular weight is 328 g/mol. The number of ketones is 1. The van der Waals surface area contributed by atoms with Gasteiger partial charge in [-0.25, -0.2) is 0 Å². The number of aliphatic hydroxyl groups is 1. The van der Waals surface area contributed by atoms with Gasteiger partial charge in [-0.2, -0.15) is 0 Å². The Morgan fingerprint density at radius 1 is 1.38 bits per heavy atom. The summed E-state index contributed by atoms with van der Waals surface area (Å²) in [6.07, 6.45) is 5.42. The molecule has 126 valence electrons. The Morgan fingerprint density at radius 2 is 2.17 bits per heavy atom. The van der Waals surface area contributed by atoms with Crippen LogP contribution in [0.15, 0.2) is 43.0 Å². The van der Waals surface area contributed by atoms with Crippen LogP contribution in [0.3, 0.4) is 0 Å². The van der Waals surface area contributed by atoms with Gasteiger partial charge in [-0.3, -0.25) is 4.79 Å². The molecule has 2 aliphatic heterocycles. The van der Waals surface area contributed by atoms with Crippen molar-refractivity contribution < 1.29 is 24.1 Å². The predicted octanol–water partition coefficient (Wildman–Crippen LogP) is 2.76. The third kappa shape index (κ3) is 2.12. The van der Waals surface area contributed by atoms with Crippen molar-refractivity contribution >= 4 is 5.78 Å². The SMILES string of the molecule is C=CC[C@H]1C=CC(=O)[C@@]2(O)O[C@H](c3ccc4c(c3)OCO4)[C@@H](C)[C@H]12. The van der Waals surface area contributed by atoms with E-state index in [0.717, 1.165) is 5.56 Å². The lowest BCUT2D eigenvalue weighted by Gasteiger charge is -2.35. The van der Waals surface area contributed by atoms with Crippen LogP contribution in [0.25, 0.3) is 0 Å². The zero-order valence-corrected chi connectivity index (χ0v) is 13.5. The first kappa shape index (κ1) is 15.4. The molecule has 0 unspecified atom stereocenters. The zero-order chi connectivity index (χ0) is 16.9. The lowest BCUT2D eigenvalue weighted by atomic mass is 9.71. The summed E-state index contributed by atoms with van der Waals surface area (Å²) in [4.78, 5) is 12.3. The normalized spacial score (nSPS) is 36.7.